The minimum absolute atomic E-state index is 0.0827. The Bertz CT molecular complexity index is 315. The highest BCUT2D eigenvalue weighted by Gasteiger charge is 2.33. The van der Waals surface area contributed by atoms with Crippen molar-refractivity contribution in [3.63, 3.8) is 0 Å². The van der Waals surface area contributed by atoms with Gasteiger partial charge in [0.05, 0.1) is 11.7 Å². The molecule has 0 bridgehead atoms. The first-order valence-electron chi connectivity index (χ1n) is 5.18. The van der Waals surface area contributed by atoms with E-state index in [4.69, 9.17) is 0 Å². The molecule has 15 heavy (non-hydrogen) atoms. The first-order valence-corrected chi connectivity index (χ1v) is 6.17. The predicted molar refractivity (Wildman–Crippen MR) is 59.5 cm³/mol. The maximum atomic E-state index is 11.1. The van der Waals surface area contributed by atoms with Crippen molar-refractivity contribution < 1.29 is 9.59 Å². The first-order chi connectivity index (χ1) is 7.31. The van der Waals surface area contributed by atoms with Crippen LogP contribution in [-0.2, 0) is 4.79 Å². The number of nitrogens with one attached hydrogen (secondary N) is 2. The summed E-state index contributed by atoms with van der Waals surface area (Å²) in [6, 6.07) is 0.115. The minimum atomic E-state index is -0.0827. The van der Waals surface area contributed by atoms with Crippen LogP contribution in [0.4, 0.5) is 4.79 Å². The molecule has 5 heteroatoms. The number of allylic oxidation sites excluding steroid dienone is 1. The fourth-order valence-corrected chi connectivity index (χ4v) is 3.10. The summed E-state index contributed by atoms with van der Waals surface area (Å²) in [5.41, 5.74) is 1.07. The number of aldehydes is 1. The van der Waals surface area contributed by atoms with Gasteiger partial charge in [-0.3, -0.25) is 0 Å². The maximum Gasteiger partial charge on any atom is 0.319 e. The van der Waals surface area contributed by atoms with E-state index < -0.39 is 0 Å². The van der Waals surface area contributed by atoms with Crippen molar-refractivity contribution in [2.75, 3.05) is 5.75 Å². The van der Waals surface area contributed by atoms with Crippen LogP contribution in [0.2, 0.25) is 0 Å². The van der Waals surface area contributed by atoms with Crippen LogP contribution in [0.15, 0.2) is 10.6 Å². The molecule has 1 saturated heterocycles. The Morgan fingerprint density at radius 3 is 3.13 bits per heavy atom. The number of thioether (sulfide) groups is 1. The molecule has 0 aromatic carbocycles. The van der Waals surface area contributed by atoms with Gasteiger partial charge in [0, 0.05) is 17.1 Å². The van der Waals surface area contributed by atoms with Crippen LogP contribution in [0.1, 0.15) is 25.7 Å². The van der Waals surface area contributed by atoms with E-state index in [0.717, 1.165) is 37.0 Å². The Labute approximate surface area is 92.9 Å². The molecule has 2 heterocycles. The summed E-state index contributed by atoms with van der Waals surface area (Å²) >= 11 is 1.81. The van der Waals surface area contributed by atoms with Crippen molar-refractivity contribution in [3.05, 3.63) is 10.6 Å². The van der Waals surface area contributed by atoms with Gasteiger partial charge in [0.15, 0.2) is 0 Å². The lowest BCUT2D eigenvalue weighted by molar-refractivity contribution is -0.107. The molecule has 2 rings (SSSR count). The third-order valence-corrected chi connectivity index (χ3v) is 3.87. The quantitative estimate of drug-likeness (QED) is 0.550. The first kappa shape index (κ1) is 10.5. The average Bonchev–Trinajstić information content (AvgIpc) is 2.73. The molecule has 0 saturated carbocycles. The highest BCUT2D eigenvalue weighted by Crippen LogP contribution is 2.35. The molecule has 1 unspecified atom stereocenters. The molecule has 4 nitrogen and oxygen atoms in total. The summed E-state index contributed by atoms with van der Waals surface area (Å²) in [4.78, 5) is 22.5. The topological polar surface area (TPSA) is 58.2 Å². The second kappa shape index (κ2) is 4.70. The summed E-state index contributed by atoms with van der Waals surface area (Å²) in [5.74, 6) is 0.942. The lowest BCUT2D eigenvalue weighted by Gasteiger charge is -2.02. The molecular formula is C10H14N2O2S. The van der Waals surface area contributed by atoms with Crippen LogP contribution in [0.5, 0.6) is 0 Å². The largest absolute Gasteiger partial charge is 0.329 e. The van der Waals surface area contributed by atoms with Gasteiger partial charge in [-0.1, -0.05) is 0 Å². The molecule has 1 atom stereocenters. The standard InChI is InChI=1S/C10H14N2O2S/c13-5-3-1-2-4-8-9-7(6-15-8)11-10(14)12-9/h5,7H,1-4,6H2,(H2,11,12,14). The number of rotatable bonds is 5. The Hall–Kier alpha value is -0.970. The van der Waals surface area contributed by atoms with Gasteiger partial charge in [0.2, 0.25) is 0 Å². The average molecular weight is 226 g/mol. The van der Waals surface area contributed by atoms with Gasteiger partial charge >= 0.3 is 6.03 Å². The zero-order chi connectivity index (χ0) is 10.7. The fourth-order valence-electron chi connectivity index (χ4n) is 1.85. The zero-order valence-corrected chi connectivity index (χ0v) is 9.23. The van der Waals surface area contributed by atoms with Crippen molar-refractivity contribution in [2.45, 2.75) is 31.7 Å². The van der Waals surface area contributed by atoms with Gasteiger partial charge in [0.25, 0.3) is 0 Å². The van der Waals surface area contributed by atoms with Gasteiger partial charge in [-0.25, -0.2) is 4.79 Å². The number of hydrogen-bond acceptors (Lipinski definition) is 3. The van der Waals surface area contributed by atoms with Crippen molar-refractivity contribution in [1.82, 2.24) is 10.6 Å². The highest BCUT2D eigenvalue weighted by molar-refractivity contribution is 8.03. The molecule has 1 fully saturated rings. The van der Waals surface area contributed by atoms with Gasteiger partial charge in [0.1, 0.15) is 6.29 Å². The monoisotopic (exact) mass is 226 g/mol. The third kappa shape index (κ3) is 2.34. The maximum absolute atomic E-state index is 11.1. The van der Waals surface area contributed by atoms with E-state index in [0.29, 0.717) is 6.42 Å². The van der Waals surface area contributed by atoms with E-state index in [2.05, 4.69) is 10.6 Å². The molecule has 0 aromatic rings. The molecule has 0 aromatic heterocycles. The van der Waals surface area contributed by atoms with Gasteiger partial charge in [-0.05, 0) is 19.3 Å². The molecule has 2 aliphatic rings. The predicted octanol–water partition coefficient (Wildman–Crippen LogP) is 1.39. The van der Waals surface area contributed by atoms with E-state index in [9.17, 15) is 9.59 Å². The number of carbonyl (C=O) groups is 2. The van der Waals surface area contributed by atoms with Crippen molar-refractivity contribution in [3.8, 4) is 0 Å². The number of fused-ring (bicyclic) bond motifs is 1. The van der Waals surface area contributed by atoms with Crippen LogP contribution in [0, 0.1) is 0 Å². The number of hydrogen-bond donors (Lipinski definition) is 2. The fraction of sp³-hybridized carbons (Fsp3) is 0.600. The molecule has 0 spiro atoms. The Kier molecular flexibility index (Phi) is 3.30. The Balaban J connectivity index is 1.86. The van der Waals surface area contributed by atoms with E-state index in [1.807, 2.05) is 11.8 Å². The molecule has 0 radical (unpaired) electrons. The molecular weight excluding hydrogens is 212 g/mol. The third-order valence-electron chi connectivity index (χ3n) is 2.60. The zero-order valence-electron chi connectivity index (χ0n) is 8.41. The summed E-state index contributed by atoms with van der Waals surface area (Å²) in [7, 11) is 0. The van der Waals surface area contributed by atoms with Gasteiger partial charge < -0.3 is 15.4 Å². The molecule has 0 aliphatic carbocycles. The second-order valence-electron chi connectivity index (χ2n) is 3.71. The summed E-state index contributed by atoms with van der Waals surface area (Å²) in [6.07, 6.45) is 4.54. The van der Waals surface area contributed by atoms with Crippen molar-refractivity contribution in [1.29, 1.82) is 0 Å². The highest BCUT2D eigenvalue weighted by atomic mass is 32.2. The number of unbranched alkanes of at least 4 members (excludes halogenated alkanes) is 2. The Morgan fingerprint density at radius 1 is 1.47 bits per heavy atom. The number of carbonyl (C=O) groups excluding carboxylic acids is 2. The van der Waals surface area contributed by atoms with Gasteiger partial charge in [-0.15, -0.1) is 11.8 Å². The molecule has 2 amide bonds. The number of urea groups is 1. The lowest BCUT2D eigenvalue weighted by Crippen LogP contribution is -2.27. The van der Waals surface area contributed by atoms with E-state index in [1.165, 1.54) is 4.91 Å². The second-order valence-corrected chi connectivity index (χ2v) is 4.83. The van der Waals surface area contributed by atoms with Crippen LogP contribution in [0.25, 0.3) is 0 Å². The van der Waals surface area contributed by atoms with Gasteiger partial charge in [-0.2, -0.15) is 0 Å². The minimum Gasteiger partial charge on any atom is -0.329 e. The van der Waals surface area contributed by atoms with Crippen molar-refractivity contribution in [2.24, 2.45) is 0 Å². The summed E-state index contributed by atoms with van der Waals surface area (Å²) in [5, 5.41) is 5.71. The van der Waals surface area contributed by atoms with E-state index in [1.54, 1.807) is 0 Å². The van der Waals surface area contributed by atoms with Crippen LogP contribution in [-0.4, -0.2) is 24.1 Å². The van der Waals surface area contributed by atoms with E-state index in [-0.39, 0.29) is 12.1 Å². The molecule has 82 valence electrons. The van der Waals surface area contributed by atoms with Crippen LogP contribution in [0.3, 0.4) is 0 Å². The van der Waals surface area contributed by atoms with Crippen molar-refractivity contribution >= 4 is 24.1 Å². The normalized spacial score (nSPS) is 23.7. The lowest BCUT2D eigenvalue weighted by atomic mass is 10.1. The molecule has 2 aliphatic heterocycles. The smallest absolute Gasteiger partial charge is 0.319 e. The number of amides is 2. The van der Waals surface area contributed by atoms with Crippen LogP contribution >= 0.6 is 11.8 Å². The van der Waals surface area contributed by atoms with Crippen LogP contribution < -0.4 is 10.6 Å². The van der Waals surface area contributed by atoms with E-state index >= 15 is 0 Å². The Morgan fingerprint density at radius 2 is 2.33 bits per heavy atom. The summed E-state index contributed by atoms with van der Waals surface area (Å²) < 4.78 is 0. The summed E-state index contributed by atoms with van der Waals surface area (Å²) in [6.45, 7) is 0. The molecule has 2 N–H and O–H groups in total. The SMILES string of the molecule is O=CCCCCC1=C2NC(=O)NC2CS1.